The van der Waals surface area contributed by atoms with Gasteiger partial charge >= 0.3 is 0 Å². The van der Waals surface area contributed by atoms with Gasteiger partial charge in [0, 0.05) is 31.0 Å². The third kappa shape index (κ3) is 3.11. The number of aryl methyl sites for hydroxylation is 1. The standard InChI is InChI=1S/C16H24N2O2/c1-4-12-5-7-13(8-6-12)18(3)16(20)14-10-17-11(2)9-15(14)19/h9-10,12-13H,4-8H2,1-3H3,(H,17,19). The highest BCUT2D eigenvalue weighted by molar-refractivity contribution is 5.93. The van der Waals surface area contributed by atoms with E-state index in [2.05, 4.69) is 11.9 Å². The van der Waals surface area contributed by atoms with E-state index in [9.17, 15) is 9.59 Å². The topological polar surface area (TPSA) is 53.2 Å². The first kappa shape index (κ1) is 14.8. The van der Waals surface area contributed by atoms with E-state index in [0.717, 1.165) is 24.5 Å². The molecule has 0 unspecified atom stereocenters. The molecule has 110 valence electrons. The lowest BCUT2D eigenvalue weighted by atomic mass is 9.84. The second-order valence-corrected chi connectivity index (χ2v) is 5.89. The maximum absolute atomic E-state index is 12.4. The van der Waals surface area contributed by atoms with Crippen molar-refractivity contribution >= 4 is 5.91 Å². The Kier molecular flexibility index (Phi) is 4.63. The normalized spacial score (nSPS) is 22.6. The molecule has 1 aromatic rings. The molecule has 0 radical (unpaired) electrons. The predicted molar refractivity (Wildman–Crippen MR) is 79.9 cm³/mol. The second kappa shape index (κ2) is 6.25. The molecule has 1 aromatic heterocycles. The number of H-pyrrole nitrogens is 1. The van der Waals surface area contributed by atoms with Crippen LogP contribution in [0.15, 0.2) is 17.1 Å². The first-order valence-electron chi connectivity index (χ1n) is 7.49. The van der Waals surface area contributed by atoms with Crippen LogP contribution in [0.3, 0.4) is 0 Å². The van der Waals surface area contributed by atoms with E-state index in [1.165, 1.54) is 31.5 Å². The van der Waals surface area contributed by atoms with Crippen molar-refractivity contribution in [1.29, 1.82) is 0 Å². The third-order valence-corrected chi connectivity index (χ3v) is 4.55. The molecule has 0 aliphatic heterocycles. The van der Waals surface area contributed by atoms with Gasteiger partial charge < -0.3 is 9.88 Å². The van der Waals surface area contributed by atoms with Crippen LogP contribution >= 0.6 is 0 Å². The summed E-state index contributed by atoms with van der Waals surface area (Å²) in [7, 11) is 1.82. The highest BCUT2D eigenvalue weighted by atomic mass is 16.2. The van der Waals surface area contributed by atoms with Crippen LogP contribution in [-0.2, 0) is 0 Å². The Balaban J connectivity index is 2.07. The van der Waals surface area contributed by atoms with Gasteiger partial charge in [0.15, 0.2) is 5.43 Å². The van der Waals surface area contributed by atoms with Gasteiger partial charge in [0.25, 0.3) is 5.91 Å². The molecule has 1 amide bonds. The average Bonchev–Trinajstić information content (AvgIpc) is 2.46. The van der Waals surface area contributed by atoms with Crippen molar-refractivity contribution in [1.82, 2.24) is 9.88 Å². The fourth-order valence-corrected chi connectivity index (χ4v) is 3.04. The van der Waals surface area contributed by atoms with Gasteiger partial charge in [-0.15, -0.1) is 0 Å². The van der Waals surface area contributed by atoms with Gasteiger partial charge in [0.05, 0.1) is 0 Å². The summed E-state index contributed by atoms with van der Waals surface area (Å²) in [4.78, 5) is 29.0. The molecule has 4 heteroatoms. The van der Waals surface area contributed by atoms with Crippen molar-refractivity contribution < 1.29 is 4.79 Å². The Labute approximate surface area is 120 Å². The molecular weight excluding hydrogens is 252 g/mol. The third-order valence-electron chi connectivity index (χ3n) is 4.55. The lowest BCUT2D eigenvalue weighted by Crippen LogP contribution is -2.41. The molecule has 1 saturated carbocycles. The Bertz CT molecular complexity index is 528. The first-order chi connectivity index (χ1) is 9.52. The summed E-state index contributed by atoms with van der Waals surface area (Å²) >= 11 is 0. The number of nitrogens with zero attached hydrogens (tertiary/aromatic N) is 1. The van der Waals surface area contributed by atoms with Gasteiger partial charge in [-0.25, -0.2) is 0 Å². The van der Waals surface area contributed by atoms with E-state index >= 15 is 0 Å². The smallest absolute Gasteiger partial charge is 0.259 e. The summed E-state index contributed by atoms with van der Waals surface area (Å²) in [5.41, 5.74) is 0.828. The minimum Gasteiger partial charge on any atom is -0.364 e. The molecule has 20 heavy (non-hydrogen) atoms. The number of amides is 1. The molecule has 0 aromatic carbocycles. The number of rotatable bonds is 3. The largest absolute Gasteiger partial charge is 0.364 e. The van der Waals surface area contributed by atoms with Crippen molar-refractivity contribution in [2.45, 2.75) is 52.0 Å². The van der Waals surface area contributed by atoms with Gasteiger partial charge in [-0.3, -0.25) is 9.59 Å². The molecule has 1 fully saturated rings. The zero-order valence-corrected chi connectivity index (χ0v) is 12.6. The SMILES string of the molecule is CCC1CCC(N(C)C(=O)c2c[nH]c(C)cc2=O)CC1. The molecule has 0 spiro atoms. The van der Waals surface area contributed by atoms with Crippen LogP contribution in [0.2, 0.25) is 0 Å². The fourth-order valence-electron chi connectivity index (χ4n) is 3.04. The van der Waals surface area contributed by atoms with Gasteiger partial charge in [0.1, 0.15) is 5.56 Å². The number of carbonyl (C=O) groups excluding carboxylic acids is 1. The zero-order chi connectivity index (χ0) is 14.7. The number of carbonyl (C=O) groups is 1. The van der Waals surface area contributed by atoms with Crippen LogP contribution in [-0.4, -0.2) is 28.9 Å². The summed E-state index contributed by atoms with van der Waals surface area (Å²) in [5.74, 6) is 0.642. The minimum absolute atomic E-state index is 0.161. The summed E-state index contributed by atoms with van der Waals surface area (Å²) in [6.07, 6.45) is 7.22. The molecule has 1 N–H and O–H groups in total. The van der Waals surface area contributed by atoms with Crippen LogP contribution in [0, 0.1) is 12.8 Å². The number of nitrogens with one attached hydrogen (secondary N) is 1. The molecule has 1 heterocycles. The summed E-state index contributed by atoms with van der Waals surface area (Å²) in [6, 6.07) is 1.75. The Morgan fingerprint density at radius 1 is 1.35 bits per heavy atom. The van der Waals surface area contributed by atoms with Crippen molar-refractivity contribution in [2.75, 3.05) is 7.05 Å². The molecule has 2 rings (SSSR count). The maximum atomic E-state index is 12.4. The van der Waals surface area contributed by atoms with Crippen LogP contribution in [0.4, 0.5) is 0 Å². The van der Waals surface area contributed by atoms with Gasteiger partial charge in [-0.2, -0.15) is 0 Å². The highest BCUT2D eigenvalue weighted by Crippen LogP contribution is 2.29. The van der Waals surface area contributed by atoms with Crippen molar-refractivity contribution in [3.63, 3.8) is 0 Å². The van der Waals surface area contributed by atoms with Gasteiger partial charge in [-0.1, -0.05) is 13.3 Å². The number of hydrogen-bond acceptors (Lipinski definition) is 2. The van der Waals surface area contributed by atoms with Crippen molar-refractivity contribution in [2.24, 2.45) is 5.92 Å². The summed E-state index contributed by atoms with van der Waals surface area (Å²) in [5, 5.41) is 0. The molecule has 1 aliphatic carbocycles. The van der Waals surface area contributed by atoms with Gasteiger partial charge in [-0.05, 0) is 38.5 Å². The number of pyridine rings is 1. The van der Waals surface area contributed by atoms with Crippen LogP contribution in [0.5, 0.6) is 0 Å². The van der Waals surface area contributed by atoms with Crippen molar-refractivity contribution in [3.8, 4) is 0 Å². The Morgan fingerprint density at radius 3 is 2.55 bits per heavy atom. The van der Waals surface area contributed by atoms with E-state index in [1.54, 1.807) is 4.90 Å². The van der Waals surface area contributed by atoms with Crippen LogP contribution < -0.4 is 5.43 Å². The number of aromatic amines is 1. The monoisotopic (exact) mass is 276 g/mol. The molecular formula is C16H24N2O2. The fraction of sp³-hybridized carbons (Fsp3) is 0.625. The van der Waals surface area contributed by atoms with E-state index < -0.39 is 0 Å². The number of aromatic nitrogens is 1. The van der Waals surface area contributed by atoms with Crippen LogP contribution in [0.25, 0.3) is 0 Å². The lowest BCUT2D eigenvalue weighted by molar-refractivity contribution is 0.0673. The molecule has 1 aliphatic rings. The first-order valence-corrected chi connectivity index (χ1v) is 7.49. The average molecular weight is 276 g/mol. The van der Waals surface area contributed by atoms with E-state index in [-0.39, 0.29) is 22.9 Å². The quantitative estimate of drug-likeness (QED) is 0.923. The number of hydrogen-bond donors (Lipinski definition) is 1. The highest BCUT2D eigenvalue weighted by Gasteiger charge is 2.27. The van der Waals surface area contributed by atoms with Gasteiger partial charge in [0.2, 0.25) is 0 Å². The molecule has 0 bridgehead atoms. The Morgan fingerprint density at radius 2 is 2.00 bits per heavy atom. The molecule has 4 nitrogen and oxygen atoms in total. The second-order valence-electron chi connectivity index (χ2n) is 5.89. The molecule has 0 saturated heterocycles. The van der Waals surface area contributed by atoms with E-state index in [4.69, 9.17) is 0 Å². The van der Waals surface area contributed by atoms with E-state index in [1.807, 2.05) is 14.0 Å². The van der Waals surface area contributed by atoms with Crippen LogP contribution in [0.1, 0.15) is 55.1 Å². The summed E-state index contributed by atoms with van der Waals surface area (Å²) in [6.45, 7) is 4.04. The summed E-state index contributed by atoms with van der Waals surface area (Å²) < 4.78 is 0. The predicted octanol–water partition coefficient (Wildman–Crippen LogP) is 2.72. The maximum Gasteiger partial charge on any atom is 0.259 e. The lowest BCUT2D eigenvalue weighted by Gasteiger charge is -2.34. The zero-order valence-electron chi connectivity index (χ0n) is 12.6. The minimum atomic E-state index is -0.194. The molecule has 0 atom stereocenters. The van der Waals surface area contributed by atoms with Crippen molar-refractivity contribution in [3.05, 3.63) is 33.7 Å². The Hall–Kier alpha value is -1.58. The van der Waals surface area contributed by atoms with E-state index in [0.29, 0.717) is 0 Å².